The molecule has 2 aliphatic carbocycles. The number of anilines is 1. The lowest BCUT2D eigenvalue weighted by molar-refractivity contribution is -0.138. The molecule has 0 spiro atoms. The first-order valence-electron chi connectivity index (χ1n) is 22.6. The van der Waals surface area contributed by atoms with Gasteiger partial charge in [0.2, 0.25) is 35.1 Å². The van der Waals surface area contributed by atoms with Crippen LogP contribution >= 0.6 is 0 Å². The van der Waals surface area contributed by atoms with Crippen LogP contribution in [0.3, 0.4) is 0 Å². The van der Waals surface area contributed by atoms with Crippen LogP contribution in [0, 0.1) is 17.7 Å². The normalized spacial score (nSPS) is 20.8. The number of likely N-dealkylation sites (tertiary alicyclic amines) is 1. The molecule has 3 aliphatic rings. The smallest absolute Gasteiger partial charge is 0.417 e. The van der Waals surface area contributed by atoms with Gasteiger partial charge in [-0.05, 0) is 88.5 Å². The fourth-order valence-corrected chi connectivity index (χ4v) is 8.20. The maximum Gasteiger partial charge on any atom is 0.417 e. The van der Waals surface area contributed by atoms with E-state index in [0.717, 1.165) is 43.9 Å². The van der Waals surface area contributed by atoms with Gasteiger partial charge in [0.05, 0.1) is 36.9 Å². The quantitative estimate of drug-likeness (QED) is 0.0686. The molecule has 1 saturated heterocycles. The Kier molecular flexibility index (Phi) is 18.1. The van der Waals surface area contributed by atoms with Crippen molar-refractivity contribution in [3.8, 4) is 17.4 Å². The molecule has 0 radical (unpaired) electrons. The molecule has 1 unspecified atom stereocenters. The highest BCUT2D eigenvalue weighted by atomic mass is 19.4. The van der Waals surface area contributed by atoms with Gasteiger partial charge in [-0.3, -0.25) is 28.8 Å². The minimum absolute atomic E-state index is 0.00580. The van der Waals surface area contributed by atoms with Crippen molar-refractivity contribution in [1.29, 1.82) is 0 Å². The van der Waals surface area contributed by atoms with Gasteiger partial charge in [-0.15, -0.1) is 0 Å². The second-order valence-corrected chi connectivity index (χ2v) is 17.0. The molecule has 5 N–H and O–H groups in total. The summed E-state index contributed by atoms with van der Waals surface area (Å²) >= 11 is 0. The standard InChI is InChI=1S/C46H57F4N7O10/c1-57-27-29(22-41(57)60)43(62)53-18-21-65-35-12-10-34(11-13-35)64-19-2-4-39(58)55-32-8-5-28(6-9-32)42(61)52-16-3-20-66-38-24-31(47)7-14-37(38)67-45-36(23-30(26-54-45)46(48,49)50)44(63)56-33-15-17-51-40(59)25-33/h7,14-15,17,23-26,28-29,32,34-35H,2-6,8-13,16,18-22,27H2,1H3,(H,52,61)(H,53,62)(H,55,58)(H2,51,56,59,63). The van der Waals surface area contributed by atoms with E-state index in [-0.39, 0.29) is 90.5 Å². The van der Waals surface area contributed by atoms with Crippen molar-refractivity contribution in [3.63, 3.8) is 0 Å². The van der Waals surface area contributed by atoms with E-state index in [1.165, 1.54) is 18.3 Å². The molecule has 0 bridgehead atoms. The Balaban J connectivity index is 0.831. The third-order valence-corrected chi connectivity index (χ3v) is 11.9. The number of nitrogens with one attached hydrogen (secondary N) is 5. The van der Waals surface area contributed by atoms with Gasteiger partial charge in [-0.2, -0.15) is 13.2 Å². The van der Waals surface area contributed by atoms with E-state index in [4.69, 9.17) is 18.9 Å². The maximum absolute atomic E-state index is 14.3. The van der Waals surface area contributed by atoms with Crippen molar-refractivity contribution >= 4 is 35.2 Å². The second-order valence-electron chi connectivity index (χ2n) is 17.0. The fourth-order valence-electron chi connectivity index (χ4n) is 8.20. The Morgan fingerprint density at radius 2 is 1.52 bits per heavy atom. The topological polar surface area (TPSA) is 219 Å². The van der Waals surface area contributed by atoms with Crippen molar-refractivity contribution < 1.29 is 60.5 Å². The van der Waals surface area contributed by atoms with Gasteiger partial charge in [0.15, 0.2) is 11.5 Å². The summed E-state index contributed by atoms with van der Waals surface area (Å²) in [6.45, 7) is 1.97. The number of benzene rings is 1. The number of rotatable bonds is 21. The van der Waals surface area contributed by atoms with E-state index in [2.05, 4.69) is 31.2 Å². The Morgan fingerprint density at radius 3 is 2.21 bits per heavy atom. The monoisotopic (exact) mass is 943 g/mol. The summed E-state index contributed by atoms with van der Waals surface area (Å²) in [5.74, 6) is -3.42. The number of H-pyrrole nitrogens is 1. The molecule has 3 aromatic rings. The van der Waals surface area contributed by atoms with Crippen molar-refractivity contribution in [3.05, 3.63) is 76.1 Å². The van der Waals surface area contributed by atoms with Crippen LogP contribution in [0.15, 0.2) is 53.6 Å². The van der Waals surface area contributed by atoms with Gasteiger partial charge in [-0.25, -0.2) is 9.37 Å². The third kappa shape index (κ3) is 15.5. The molecular weight excluding hydrogens is 887 g/mol. The third-order valence-electron chi connectivity index (χ3n) is 11.9. The van der Waals surface area contributed by atoms with E-state index < -0.39 is 40.5 Å². The van der Waals surface area contributed by atoms with Gasteiger partial charge in [0, 0.05) is 88.3 Å². The molecule has 3 heterocycles. The first kappa shape index (κ1) is 50.3. The van der Waals surface area contributed by atoms with Gasteiger partial charge < -0.3 is 50.1 Å². The molecule has 5 amide bonds. The van der Waals surface area contributed by atoms with Crippen LogP contribution in [0.2, 0.25) is 0 Å². The Hall–Kier alpha value is -6.09. The molecule has 17 nitrogen and oxygen atoms in total. The Bertz CT molecular complexity index is 2250. The predicted molar refractivity (Wildman–Crippen MR) is 234 cm³/mol. The number of carbonyl (C=O) groups excluding carboxylic acids is 5. The molecule has 67 heavy (non-hydrogen) atoms. The number of aromatic amines is 1. The average Bonchev–Trinajstić information content (AvgIpc) is 3.64. The number of ether oxygens (including phenoxy) is 4. The molecule has 21 heteroatoms. The number of pyridine rings is 2. The number of hydrogen-bond acceptors (Lipinski definition) is 11. The van der Waals surface area contributed by atoms with Crippen LogP contribution in [0.4, 0.5) is 23.2 Å². The van der Waals surface area contributed by atoms with Crippen LogP contribution in [-0.4, -0.2) is 109 Å². The van der Waals surface area contributed by atoms with Crippen LogP contribution in [0.5, 0.6) is 17.4 Å². The number of amides is 5. The van der Waals surface area contributed by atoms with Gasteiger partial charge in [0.25, 0.3) is 5.91 Å². The summed E-state index contributed by atoms with van der Waals surface area (Å²) in [7, 11) is 1.70. The van der Waals surface area contributed by atoms with Crippen molar-refractivity contribution in [2.75, 3.05) is 51.8 Å². The average molecular weight is 944 g/mol. The molecule has 2 saturated carbocycles. The second kappa shape index (κ2) is 24.1. The van der Waals surface area contributed by atoms with Gasteiger partial charge >= 0.3 is 6.18 Å². The van der Waals surface area contributed by atoms with Gasteiger partial charge in [-0.1, -0.05) is 0 Å². The lowest BCUT2D eigenvalue weighted by atomic mass is 9.85. The van der Waals surface area contributed by atoms with Crippen LogP contribution < -0.4 is 36.3 Å². The fraction of sp³-hybridized carbons (Fsp3) is 0.543. The minimum atomic E-state index is -4.84. The lowest BCUT2D eigenvalue weighted by Gasteiger charge is -2.29. The van der Waals surface area contributed by atoms with Crippen LogP contribution in [0.1, 0.15) is 93.0 Å². The first-order chi connectivity index (χ1) is 32.1. The molecule has 1 aromatic carbocycles. The summed E-state index contributed by atoms with van der Waals surface area (Å²) in [4.78, 5) is 82.0. The summed E-state index contributed by atoms with van der Waals surface area (Å²) in [5.41, 5.74) is -2.40. The zero-order valence-electron chi connectivity index (χ0n) is 37.2. The van der Waals surface area contributed by atoms with Crippen molar-refractivity contribution in [1.82, 2.24) is 30.8 Å². The zero-order chi connectivity index (χ0) is 47.9. The van der Waals surface area contributed by atoms with E-state index >= 15 is 0 Å². The van der Waals surface area contributed by atoms with E-state index in [1.54, 1.807) is 11.9 Å². The Morgan fingerprint density at radius 1 is 0.821 bits per heavy atom. The molecule has 364 valence electrons. The largest absolute Gasteiger partial charge is 0.489 e. The summed E-state index contributed by atoms with van der Waals surface area (Å²) in [6.07, 6.45) is 4.54. The van der Waals surface area contributed by atoms with Crippen LogP contribution in [0.25, 0.3) is 0 Å². The maximum atomic E-state index is 14.3. The SMILES string of the molecule is CN1CC(C(=O)NCCOC2CCC(OCCCC(=O)NC3CCC(C(=O)NCCCOc4cc(F)ccc4Oc4ncc(C(F)(F)F)cc4C(=O)Nc4cc[nH]c(=O)c4)CC3)CC2)CC1=O. The number of alkyl halides is 3. The van der Waals surface area contributed by atoms with Crippen LogP contribution in [-0.2, 0) is 34.8 Å². The van der Waals surface area contributed by atoms with Crippen molar-refractivity contribution in [2.45, 2.75) is 101 Å². The zero-order valence-corrected chi connectivity index (χ0v) is 37.2. The predicted octanol–water partition coefficient (Wildman–Crippen LogP) is 5.25. The number of nitrogens with zero attached hydrogens (tertiary/aromatic N) is 2. The molecule has 1 aliphatic heterocycles. The molecule has 6 rings (SSSR count). The Labute approximate surface area is 384 Å². The minimum Gasteiger partial charge on any atom is -0.489 e. The molecule has 2 aromatic heterocycles. The highest BCUT2D eigenvalue weighted by molar-refractivity contribution is 6.06. The number of carbonyl (C=O) groups is 5. The van der Waals surface area contributed by atoms with Crippen molar-refractivity contribution in [2.24, 2.45) is 11.8 Å². The van der Waals surface area contributed by atoms with E-state index in [9.17, 15) is 46.3 Å². The van der Waals surface area contributed by atoms with E-state index in [1.807, 2.05) is 0 Å². The molecular formula is C46H57F4N7O10. The molecule has 1 atom stereocenters. The van der Waals surface area contributed by atoms with Gasteiger partial charge in [0.1, 0.15) is 11.4 Å². The first-order valence-corrected chi connectivity index (χ1v) is 22.6. The number of halogens is 4. The number of hydrogen-bond donors (Lipinski definition) is 5. The summed E-state index contributed by atoms with van der Waals surface area (Å²) in [5, 5.41) is 11.2. The summed E-state index contributed by atoms with van der Waals surface area (Å²) in [6, 6.07) is 6.07. The molecule has 3 fully saturated rings. The number of aromatic nitrogens is 2. The lowest BCUT2D eigenvalue weighted by Crippen LogP contribution is -2.41. The summed E-state index contributed by atoms with van der Waals surface area (Å²) < 4.78 is 78.5. The highest BCUT2D eigenvalue weighted by Crippen LogP contribution is 2.36. The van der Waals surface area contributed by atoms with E-state index in [0.29, 0.717) is 83.5 Å². The highest BCUT2D eigenvalue weighted by Gasteiger charge is 2.34.